The van der Waals surface area contributed by atoms with Gasteiger partial charge >= 0.3 is 0 Å². The lowest BCUT2D eigenvalue weighted by molar-refractivity contribution is 0.0885. The molecule has 0 fully saturated rings. The van der Waals surface area contributed by atoms with Crippen molar-refractivity contribution in [3.8, 4) is 16.9 Å². The van der Waals surface area contributed by atoms with Crippen LogP contribution in [0.3, 0.4) is 0 Å². The lowest BCUT2D eigenvalue weighted by atomic mass is 9.94. The Hall–Kier alpha value is -4.90. The first-order valence-corrected chi connectivity index (χ1v) is 11.6. The van der Waals surface area contributed by atoms with E-state index in [-0.39, 0.29) is 29.2 Å². The van der Waals surface area contributed by atoms with Crippen molar-refractivity contribution in [2.45, 2.75) is 6.42 Å². The summed E-state index contributed by atoms with van der Waals surface area (Å²) in [6, 6.07) is 36.2. The third-order valence-corrected chi connectivity index (χ3v) is 5.88. The molecular weight excluding hydrogens is 448 g/mol. The highest BCUT2D eigenvalue weighted by molar-refractivity contribution is 6.21. The van der Waals surface area contributed by atoms with Crippen LogP contribution in [0.1, 0.15) is 43.2 Å². The molecule has 0 radical (unpaired) electrons. The van der Waals surface area contributed by atoms with Crippen molar-refractivity contribution in [3.05, 3.63) is 144 Å². The fourth-order valence-electron chi connectivity index (χ4n) is 4.14. The second-order valence-corrected chi connectivity index (χ2v) is 8.27. The smallest absolute Gasteiger partial charge is 0.197 e. The van der Waals surface area contributed by atoms with Gasteiger partial charge in [-0.1, -0.05) is 109 Å². The SMILES string of the molecule is O=C(CC(=O)c1nn(-c2ccccc2)c(-c2ccccc2)c1C(=O)c1ccccc1)c1ccccc1. The summed E-state index contributed by atoms with van der Waals surface area (Å²) in [5.41, 5.74) is 2.98. The van der Waals surface area contributed by atoms with Crippen molar-refractivity contribution < 1.29 is 14.4 Å². The van der Waals surface area contributed by atoms with Crippen molar-refractivity contribution in [1.29, 1.82) is 0 Å². The topological polar surface area (TPSA) is 69.0 Å². The van der Waals surface area contributed by atoms with Crippen LogP contribution < -0.4 is 0 Å². The molecule has 1 heterocycles. The van der Waals surface area contributed by atoms with Gasteiger partial charge in [0.05, 0.1) is 23.4 Å². The number of benzene rings is 4. The number of Topliss-reactive ketones (excluding diaryl/α,β-unsaturated/α-hetero) is 2. The lowest BCUT2D eigenvalue weighted by Crippen LogP contribution is -2.14. The number of ketones is 3. The van der Waals surface area contributed by atoms with Gasteiger partial charge in [0, 0.05) is 16.7 Å². The van der Waals surface area contributed by atoms with E-state index in [9.17, 15) is 14.4 Å². The molecule has 36 heavy (non-hydrogen) atoms. The summed E-state index contributed by atoms with van der Waals surface area (Å²) in [7, 11) is 0. The van der Waals surface area contributed by atoms with Crippen LogP contribution in [0.25, 0.3) is 16.9 Å². The van der Waals surface area contributed by atoms with Gasteiger partial charge < -0.3 is 0 Å². The van der Waals surface area contributed by atoms with Crippen LogP contribution in [0.15, 0.2) is 121 Å². The van der Waals surface area contributed by atoms with Gasteiger partial charge in [0.15, 0.2) is 17.3 Å². The molecule has 0 atom stereocenters. The van der Waals surface area contributed by atoms with Crippen molar-refractivity contribution in [3.63, 3.8) is 0 Å². The Kier molecular flexibility index (Phi) is 6.45. The highest BCUT2D eigenvalue weighted by atomic mass is 16.2. The maximum absolute atomic E-state index is 13.9. The second kappa shape index (κ2) is 10.2. The Morgan fingerprint density at radius 1 is 0.583 bits per heavy atom. The van der Waals surface area contributed by atoms with E-state index in [4.69, 9.17) is 0 Å². The Labute approximate surface area is 208 Å². The number of hydrogen-bond acceptors (Lipinski definition) is 4. The molecule has 0 saturated heterocycles. The number of carbonyl (C=O) groups is 3. The van der Waals surface area contributed by atoms with Crippen LogP contribution in [0.4, 0.5) is 0 Å². The highest BCUT2D eigenvalue weighted by Gasteiger charge is 2.30. The third-order valence-electron chi connectivity index (χ3n) is 5.88. The van der Waals surface area contributed by atoms with E-state index in [0.717, 1.165) is 5.56 Å². The zero-order valence-corrected chi connectivity index (χ0v) is 19.4. The molecule has 5 aromatic rings. The molecule has 0 N–H and O–H groups in total. The summed E-state index contributed by atoms with van der Waals surface area (Å²) >= 11 is 0. The molecule has 0 amide bonds. The summed E-state index contributed by atoms with van der Waals surface area (Å²) in [5.74, 6) is -1.16. The summed E-state index contributed by atoms with van der Waals surface area (Å²) in [4.78, 5) is 40.3. The molecule has 0 aliphatic rings. The molecular formula is C31H22N2O3. The average molecular weight is 471 g/mol. The number of aromatic nitrogens is 2. The molecule has 1 aromatic heterocycles. The molecule has 0 aliphatic heterocycles. The molecule has 0 aliphatic carbocycles. The maximum Gasteiger partial charge on any atom is 0.197 e. The van der Waals surface area contributed by atoms with Crippen molar-refractivity contribution in [2.75, 3.05) is 0 Å². The molecule has 174 valence electrons. The number of hydrogen-bond donors (Lipinski definition) is 0. The van der Waals surface area contributed by atoms with Gasteiger partial charge in [-0.3, -0.25) is 14.4 Å². The summed E-state index contributed by atoms with van der Waals surface area (Å²) in [6.45, 7) is 0. The number of carbonyl (C=O) groups excluding carboxylic acids is 3. The van der Waals surface area contributed by atoms with E-state index in [1.165, 1.54) is 0 Å². The van der Waals surface area contributed by atoms with Gasteiger partial charge in [-0.15, -0.1) is 0 Å². The Morgan fingerprint density at radius 2 is 1.08 bits per heavy atom. The second-order valence-electron chi connectivity index (χ2n) is 8.27. The van der Waals surface area contributed by atoms with Crippen molar-refractivity contribution in [2.24, 2.45) is 0 Å². The first kappa shape index (κ1) is 22.9. The van der Waals surface area contributed by atoms with Crippen molar-refractivity contribution in [1.82, 2.24) is 9.78 Å². The minimum absolute atomic E-state index is 0.0177. The zero-order chi connectivity index (χ0) is 24.9. The zero-order valence-electron chi connectivity index (χ0n) is 19.4. The first-order valence-electron chi connectivity index (χ1n) is 11.6. The summed E-state index contributed by atoms with van der Waals surface area (Å²) in [6.07, 6.45) is -0.390. The molecule has 0 unspecified atom stereocenters. The van der Waals surface area contributed by atoms with E-state index < -0.39 is 5.78 Å². The Bertz CT molecular complexity index is 1520. The fraction of sp³-hybridized carbons (Fsp3) is 0.0323. The van der Waals surface area contributed by atoms with Gasteiger partial charge in [0.25, 0.3) is 0 Å². The van der Waals surface area contributed by atoms with Gasteiger partial charge in [0.2, 0.25) is 0 Å². The van der Waals surface area contributed by atoms with Crippen LogP contribution >= 0.6 is 0 Å². The van der Waals surface area contributed by atoms with E-state index >= 15 is 0 Å². The molecule has 0 spiro atoms. The van der Waals surface area contributed by atoms with Crippen LogP contribution in [0.2, 0.25) is 0 Å². The Morgan fingerprint density at radius 3 is 1.67 bits per heavy atom. The van der Waals surface area contributed by atoms with E-state index in [1.807, 2.05) is 72.8 Å². The fourth-order valence-corrected chi connectivity index (χ4v) is 4.14. The van der Waals surface area contributed by atoms with Crippen molar-refractivity contribution >= 4 is 17.3 Å². The normalized spacial score (nSPS) is 10.7. The van der Waals surface area contributed by atoms with Crippen LogP contribution in [-0.2, 0) is 0 Å². The number of para-hydroxylation sites is 1. The van der Waals surface area contributed by atoms with E-state index in [1.54, 1.807) is 53.2 Å². The maximum atomic E-state index is 13.9. The molecule has 5 heteroatoms. The summed E-state index contributed by atoms with van der Waals surface area (Å²) < 4.78 is 1.62. The standard InChI is InChI=1S/C31H22N2O3/c34-26(22-13-5-1-6-14-22)21-27(35)29-28(31(36)24-17-9-3-10-18-24)30(23-15-7-2-8-16-23)33(32-29)25-19-11-4-12-20-25/h1-20H,21H2. The molecule has 4 aromatic carbocycles. The molecule has 5 rings (SSSR count). The lowest BCUT2D eigenvalue weighted by Gasteiger charge is -2.10. The monoisotopic (exact) mass is 470 g/mol. The summed E-state index contributed by atoms with van der Waals surface area (Å²) in [5, 5.41) is 4.64. The van der Waals surface area contributed by atoms with E-state index in [2.05, 4.69) is 5.10 Å². The van der Waals surface area contributed by atoms with E-state index in [0.29, 0.717) is 22.5 Å². The molecule has 5 nitrogen and oxygen atoms in total. The van der Waals surface area contributed by atoms with Crippen LogP contribution in [-0.4, -0.2) is 27.1 Å². The quantitative estimate of drug-likeness (QED) is 0.199. The number of nitrogens with zero attached hydrogens (tertiary/aromatic N) is 2. The molecule has 0 bridgehead atoms. The highest BCUT2D eigenvalue weighted by Crippen LogP contribution is 2.32. The molecule has 0 saturated carbocycles. The van der Waals surface area contributed by atoms with Crippen LogP contribution in [0.5, 0.6) is 0 Å². The predicted octanol–water partition coefficient (Wildman–Crippen LogP) is 6.23. The Balaban J connectivity index is 1.71. The number of rotatable bonds is 8. The van der Waals surface area contributed by atoms with Gasteiger partial charge in [-0.25, -0.2) is 4.68 Å². The van der Waals surface area contributed by atoms with Crippen LogP contribution in [0, 0.1) is 0 Å². The third kappa shape index (κ3) is 4.55. The largest absolute Gasteiger partial charge is 0.294 e. The first-order chi connectivity index (χ1) is 17.6. The minimum Gasteiger partial charge on any atom is -0.294 e. The predicted molar refractivity (Wildman–Crippen MR) is 139 cm³/mol. The average Bonchev–Trinajstić information content (AvgIpc) is 3.35. The van der Waals surface area contributed by atoms with Gasteiger partial charge in [-0.2, -0.15) is 5.10 Å². The van der Waals surface area contributed by atoms with Gasteiger partial charge in [-0.05, 0) is 12.1 Å². The van der Waals surface area contributed by atoms with Gasteiger partial charge in [0.1, 0.15) is 5.69 Å². The minimum atomic E-state index is -0.505.